The average molecular weight is 533 g/mol. The van der Waals surface area contributed by atoms with E-state index in [0.717, 1.165) is 34.5 Å². The first-order chi connectivity index (χ1) is 17.4. The van der Waals surface area contributed by atoms with Crippen molar-refractivity contribution in [3.8, 4) is 11.5 Å². The van der Waals surface area contributed by atoms with Crippen LogP contribution >= 0.6 is 0 Å². The Morgan fingerprint density at radius 1 is 0.973 bits per heavy atom. The maximum Gasteiger partial charge on any atom is 0.242 e. The standard InChI is InChI=1S/C27H40N4O5S/c1-19-13-22(9-10-24(19)36-12-11-29(4)5)17-30(6)26(33)16-28-25(32)18-31(7)37(34)27-20(2)14-23(35-8)15-21(27)3/h9-10,13-15H,11-12,16-18H2,1-8H3,(H,28,32). The lowest BCUT2D eigenvalue weighted by Gasteiger charge is -2.20. The number of carbonyl (C=O) groups is 2. The Hall–Kier alpha value is -2.95. The largest absolute Gasteiger partial charge is 0.497 e. The van der Waals surface area contributed by atoms with Crippen molar-refractivity contribution >= 4 is 22.8 Å². The fourth-order valence-corrected chi connectivity index (χ4v) is 4.97. The highest BCUT2D eigenvalue weighted by atomic mass is 32.2. The Morgan fingerprint density at radius 3 is 2.19 bits per heavy atom. The summed E-state index contributed by atoms with van der Waals surface area (Å²) < 4.78 is 25.6. The van der Waals surface area contributed by atoms with Crippen molar-refractivity contribution < 1.29 is 23.3 Å². The third-order valence-corrected chi connectivity index (χ3v) is 7.50. The van der Waals surface area contributed by atoms with Gasteiger partial charge in [0.05, 0.1) is 25.1 Å². The Bertz CT molecular complexity index is 1100. The molecule has 0 aromatic heterocycles. The molecule has 0 aliphatic carbocycles. The second-order valence-corrected chi connectivity index (χ2v) is 10.9. The average Bonchev–Trinajstić information content (AvgIpc) is 2.82. The first-order valence-electron chi connectivity index (χ1n) is 12.1. The fraction of sp³-hybridized carbons (Fsp3) is 0.481. The minimum atomic E-state index is -1.53. The summed E-state index contributed by atoms with van der Waals surface area (Å²) in [6, 6.07) is 9.49. The number of nitrogens with zero attached hydrogens (tertiary/aromatic N) is 3. The number of likely N-dealkylation sites (N-methyl/N-ethyl adjacent to an activating group) is 3. The number of aryl methyl sites for hydroxylation is 3. The van der Waals surface area contributed by atoms with E-state index in [1.165, 1.54) is 4.31 Å². The molecular weight excluding hydrogens is 492 g/mol. The van der Waals surface area contributed by atoms with Gasteiger partial charge in [-0.25, -0.2) is 8.51 Å². The van der Waals surface area contributed by atoms with E-state index >= 15 is 0 Å². The molecule has 0 bridgehead atoms. The quantitative estimate of drug-likeness (QED) is 0.426. The number of benzene rings is 2. The summed E-state index contributed by atoms with van der Waals surface area (Å²) in [5.74, 6) is 0.922. The molecule has 9 nitrogen and oxygen atoms in total. The molecule has 0 spiro atoms. The number of nitrogens with one attached hydrogen (secondary N) is 1. The number of carbonyl (C=O) groups excluding carboxylic acids is 2. The van der Waals surface area contributed by atoms with Crippen molar-refractivity contribution in [3.05, 3.63) is 52.6 Å². The Balaban J connectivity index is 1.86. The minimum Gasteiger partial charge on any atom is -0.497 e. The molecule has 10 heteroatoms. The maximum absolute atomic E-state index is 13.0. The lowest BCUT2D eigenvalue weighted by Crippen LogP contribution is -2.42. The van der Waals surface area contributed by atoms with Crippen molar-refractivity contribution in [2.24, 2.45) is 0 Å². The molecule has 0 saturated carbocycles. The van der Waals surface area contributed by atoms with Crippen molar-refractivity contribution in [2.45, 2.75) is 32.2 Å². The van der Waals surface area contributed by atoms with E-state index in [0.29, 0.717) is 23.8 Å². The first-order valence-corrected chi connectivity index (χ1v) is 13.2. The lowest BCUT2D eigenvalue weighted by atomic mass is 10.1. The van der Waals surface area contributed by atoms with Gasteiger partial charge >= 0.3 is 0 Å². The third kappa shape index (κ3) is 9.14. The number of hydrogen-bond donors (Lipinski definition) is 1. The van der Waals surface area contributed by atoms with Crippen LogP contribution in [0.25, 0.3) is 0 Å². The smallest absolute Gasteiger partial charge is 0.242 e. The number of ether oxygens (including phenoxy) is 2. The maximum atomic E-state index is 13.0. The molecule has 0 aliphatic heterocycles. The van der Waals surface area contributed by atoms with Crippen molar-refractivity contribution in [2.75, 3.05) is 61.5 Å². The van der Waals surface area contributed by atoms with Crippen LogP contribution in [-0.4, -0.2) is 91.7 Å². The zero-order valence-corrected chi connectivity index (χ0v) is 24.0. The Labute approximate surface area is 223 Å². The van der Waals surface area contributed by atoms with Crippen LogP contribution in [0.2, 0.25) is 0 Å². The van der Waals surface area contributed by atoms with Gasteiger partial charge in [-0.15, -0.1) is 0 Å². The summed E-state index contributed by atoms with van der Waals surface area (Å²) in [5.41, 5.74) is 3.62. The van der Waals surface area contributed by atoms with E-state index < -0.39 is 11.0 Å². The van der Waals surface area contributed by atoms with Crippen molar-refractivity contribution in [3.63, 3.8) is 0 Å². The van der Waals surface area contributed by atoms with E-state index in [2.05, 4.69) is 10.2 Å². The summed E-state index contributed by atoms with van der Waals surface area (Å²) in [6.45, 7) is 7.30. The van der Waals surface area contributed by atoms with Gasteiger partial charge in [0, 0.05) is 27.2 Å². The van der Waals surface area contributed by atoms with Gasteiger partial charge in [0.25, 0.3) is 0 Å². The van der Waals surface area contributed by atoms with Crippen LogP contribution in [0.1, 0.15) is 22.3 Å². The molecule has 0 heterocycles. The molecular formula is C27H40N4O5S. The van der Waals surface area contributed by atoms with Crippen molar-refractivity contribution in [1.29, 1.82) is 0 Å². The summed E-state index contributed by atoms with van der Waals surface area (Å²) in [5, 5.41) is 2.64. The number of methoxy groups -OCH3 is 1. The second kappa shape index (κ2) is 14.1. The zero-order valence-electron chi connectivity index (χ0n) is 23.2. The molecule has 1 atom stereocenters. The number of hydrogen-bond acceptors (Lipinski definition) is 6. The molecule has 2 aromatic rings. The van der Waals surface area contributed by atoms with E-state index in [1.54, 1.807) is 26.1 Å². The molecule has 0 radical (unpaired) electrons. The normalized spacial score (nSPS) is 11.9. The van der Waals surface area contributed by atoms with Crippen LogP contribution in [0.5, 0.6) is 11.5 Å². The van der Waals surface area contributed by atoms with Crippen LogP contribution in [0.15, 0.2) is 35.2 Å². The molecule has 204 valence electrons. The minimum absolute atomic E-state index is 0.108. The highest BCUT2D eigenvalue weighted by Gasteiger charge is 2.20. The molecule has 2 rings (SSSR count). The van der Waals surface area contributed by atoms with Gasteiger partial charge in [-0.1, -0.05) is 12.1 Å². The highest BCUT2D eigenvalue weighted by molar-refractivity contribution is 7.82. The topological polar surface area (TPSA) is 91.4 Å². The van der Waals surface area contributed by atoms with Gasteiger partial charge in [0.2, 0.25) is 11.8 Å². The van der Waals surface area contributed by atoms with Crippen molar-refractivity contribution in [1.82, 2.24) is 19.4 Å². The Kier molecular flexibility index (Phi) is 11.5. The van der Waals surface area contributed by atoms with Gasteiger partial charge in [0.1, 0.15) is 29.1 Å². The van der Waals surface area contributed by atoms with E-state index in [9.17, 15) is 13.8 Å². The molecule has 2 aromatic carbocycles. The molecule has 37 heavy (non-hydrogen) atoms. The Morgan fingerprint density at radius 2 is 1.62 bits per heavy atom. The molecule has 2 amide bonds. The second-order valence-electron chi connectivity index (χ2n) is 9.40. The zero-order chi connectivity index (χ0) is 27.7. The van der Waals surface area contributed by atoms with Gasteiger partial charge in [-0.2, -0.15) is 0 Å². The summed E-state index contributed by atoms with van der Waals surface area (Å²) in [4.78, 5) is 29.3. The summed E-state index contributed by atoms with van der Waals surface area (Å²) >= 11 is 0. The van der Waals surface area contributed by atoms with E-state index in [1.807, 2.05) is 65.2 Å². The number of rotatable bonds is 13. The molecule has 0 saturated heterocycles. The summed E-state index contributed by atoms with van der Waals surface area (Å²) in [7, 11) is 7.36. The van der Waals surface area contributed by atoms with Crippen LogP contribution in [0.3, 0.4) is 0 Å². The molecule has 0 fully saturated rings. The van der Waals surface area contributed by atoms with Gasteiger partial charge < -0.3 is 24.6 Å². The van der Waals surface area contributed by atoms with Crippen LogP contribution in [0, 0.1) is 20.8 Å². The summed E-state index contributed by atoms with van der Waals surface area (Å²) in [6.07, 6.45) is 0. The predicted octanol–water partition coefficient (Wildman–Crippen LogP) is 2.29. The van der Waals surface area contributed by atoms with E-state index in [4.69, 9.17) is 9.47 Å². The third-order valence-electron chi connectivity index (χ3n) is 5.81. The van der Waals surface area contributed by atoms with Gasteiger partial charge in [-0.3, -0.25) is 9.59 Å². The first kappa shape index (κ1) is 30.3. The van der Waals surface area contributed by atoms with Crippen LogP contribution in [0.4, 0.5) is 0 Å². The molecule has 0 aliphatic rings. The van der Waals surface area contributed by atoms with Gasteiger partial charge in [-0.05, 0) is 75.3 Å². The van der Waals surface area contributed by atoms with Crippen LogP contribution in [-0.2, 0) is 27.1 Å². The lowest BCUT2D eigenvalue weighted by molar-refractivity contribution is -0.132. The predicted molar refractivity (Wildman–Crippen MR) is 146 cm³/mol. The molecule has 1 unspecified atom stereocenters. The monoisotopic (exact) mass is 532 g/mol. The van der Waals surface area contributed by atoms with Crippen LogP contribution < -0.4 is 14.8 Å². The van der Waals surface area contributed by atoms with Gasteiger partial charge in [0.15, 0.2) is 0 Å². The number of amides is 2. The molecule has 1 N–H and O–H groups in total. The van der Waals surface area contributed by atoms with E-state index in [-0.39, 0.29) is 24.9 Å². The SMILES string of the molecule is COc1cc(C)c(S(=O)N(C)CC(=O)NCC(=O)N(C)Cc2ccc(OCCN(C)C)c(C)c2)c(C)c1. The highest BCUT2D eigenvalue weighted by Crippen LogP contribution is 2.25. The fourth-order valence-electron chi connectivity index (χ4n) is 3.76.